The Labute approximate surface area is 80.8 Å². The first-order valence-corrected chi connectivity index (χ1v) is 3.79. The van der Waals surface area contributed by atoms with Gasteiger partial charge in [-0.2, -0.15) is 0 Å². The van der Waals surface area contributed by atoms with Crippen LogP contribution in [0.5, 0.6) is 5.75 Å². The molecule has 0 saturated carbocycles. The summed E-state index contributed by atoms with van der Waals surface area (Å²) in [4.78, 5) is 18.1. The zero-order valence-electron chi connectivity index (χ0n) is 7.52. The van der Waals surface area contributed by atoms with Gasteiger partial charge in [-0.15, -0.1) is 0 Å². The summed E-state index contributed by atoms with van der Waals surface area (Å²) in [5, 5.41) is 8.86. The predicted octanol–water partition coefficient (Wildman–Crippen LogP) is 0.0968. The molecule has 0 fully saturated rings. The molecule has 72 valence electrons. The molecule has 1 aromatic rings. The van der Waals surface area contributed by atoms with E-state index >= 15 is 0 Å². The Kier molecular flexibility index (Phi) is 3.44. The number of nitrogens with zero attached hydrogens (tertiary/aromatic N) is 2. The first kappa shape index (κ1) is 9.99. The van der Waals surface area contributed by atoms with Crippen LogP contribution in [0.2, 0.25) is 0 Å². The molecular weight excluding hydrogens is 184 g/mol. The number of rotatable bonds is 1. The van der Waals surface area contributed by atoms with E-state index < -0.39 is 5.97 Å². The summed E-state index contributed by atoms with van der Waals surface area (Å²) in [6, 6.07) is 0. The second-order valence-electron chi connectivity index (χ2n) is 2.32. The van der Waals surface area contributed by atoms with Crippen molar-refractivity contribution in [3.63, 3.8) is 0 Å². The van der Waals surface area contributed by atoms with Crippen molar-refractivity contribution in [2.75, 3.05) is 7.11 Å². The van der Waals surface area contributed by atoms with Gasteiger partial charge in [0, 0.05) is 0 Å². The van der Waals surface area contributed by atoms with Crippen LogP contribution in [0, 0.1) is 11.8 Å². The van der Waals surface area contributed by atoms with Crippen molar-refractivity contribution in [3.8, 4) is 17.6 Å². The maximum absolute atomic E-state index is 10.7. The molecule has 5 heteroatoms. The van der Waals surface area contributed by atoms with Crippen LogP contribution < -0.4 is 0 Å². The van der Waals surface area contributed by atoms with E-state index in [1.807, 2.05) is 0 Å². The van der Waals surface area contributed by atoms with Crippen molar-refractivity contribution < 1.29 is 14.6 Å². The lowest BCUT2D eigenvalue weighted by molar-refractivity contribution is -0.139. The lowest BCUT2D eigenvalue weighted by atomic mass is 10.4. The summed E-state index contributed by atoms with van der Waals surface area (Å²) < 4.78 is 4.39. The zero-order valence-corrected chi connectivity index (χ0v) is 7.52. The molecule has 0 aliphatic heterocycles. The average Bonchev–Trinajstić information content (AvgIpc) is 2.21. The molecule has 1 heterocycles. The van der Waals surface area contributed by atoms with Gasteiger partial charge in [-0.05, 0) is 5.92 Å². The highest BCUT2D eigenvalue weighted by molar-refractivity contribution is 5.72. The number of ether oxygens (including phenoxy) is 1. The van der Waals surface area contributed by atoms with Crippen molar-refractivity contribution in [3.05, 3.63) is 18.2 Å². The Morgan fingerprint density at radius 3 is 2.79 bits per heavy atom. The molecule has 0 aromatic carbocycles. The summed E-state index contributed by atoms with van der Waals surface area (Å²) >= 11 is 0. The van der Waals surface area contributed by atoms with Gasteiger partial charge in [-0.25, -0.2) is 9.97 Å². The van der Waals surface area contributed by atoms with Crippen LogP contribution in [0.25, 0.3) is 0 Å². The van der Waals surface area contributed by atoms with E-state index in [1.165, 1.54) is 19.5 Å². The van der Waals surface area contributed by atoms with Gasteiger partial charge in [0.1, 0.15) is 6.42 Å². The van der Waals surface area contributed by atoms with E-state index in [2.05, 4.69) is 26.5 Å². The lowest BCUT2D eigenvalue weighted by Gasteiger charge is -1.90. The van der Waals surface area contributed by atoms with Crippen molar-refractivity contribution in [2.45, 2.75) is 6.42 Å². The maximum Gasteiger partial charge on any atom is 0.317 e. The third-order valence-electron chi connectivity index (χ3n) is 1.30. The number of carbonyl (C=O) groups is 1. The smallest absolute Gasteiger partial charge is 0.317 e. The van der Waals surface area contributed by atoms with Gasteiger partial charge in [0.15, 0.2) is 5.75 Å². The topological polar surface area (TPSA) is 72.3 Å². The summed E-state index contributed by atoms with van der Waals surface area (Å²) in [5.41, 5.74) is 0. The number of hydrogen-bond acceptors (Lipinski definition) is 5. The normalized spacial score (nSPS) is 8.64. The van der Waals surface area contributed by atoms with Crippen LogP contribution in [0.15, 0.2) is 12.4 Å². The van der Waals surface area contributed by atoms with Gasteiger partial charge in [-0.3, -0.25) is 4.79 Å². The van der Waals surface area contributed by atoms with Crippen LogP contribution in [-0.4, -0.2) is 28.2 Å². The SMILES string of the molecule is COC(=O)CC#Cc1ncc(O)cn1. The van der Waals surface area contributed by atoms with E-state index in [0.29, 0.717) is 0 Å². The quantitative estimate of drug-likeness (QED) is 0.504. The molecular formula is C9H8N2O3. The van der Waals surface area contributed by atoms with Crippen LogP contribution in [0.3, 0.4) is 0 Å². The Bertz CT molecular complexity index is 375. The minimum absolute atomic E-state index is 0.000731. The fraction of sp³-hybridized carbons (Fsp3) is 0.222. The fourth-order valence-corrected chi connectivity index (χ4v) is 0.653. The molecule has 1 rings (SSSR count). The summed E-state index contributed by atoms with van der Waals surface area (Å²) in [6.07, 6.45) is 2.46. The first-order chi connectivity index (χ1) is 6.72. The number of aromatic nitrogens is 2. The molecule has 14 heavy (non-hydrogen) atoms. The molecule has 0 aliphatic carbocycles. The van der Waals surface area contributed by atoms with E-state index in [9.17, 15) is 4.79 Å². The summed E-state index contributed by atoms with van der Waals surface area (Å²) in [6.45, 7) is 0. The Morgan fingerprint density at radius 2 is 2.21 bits per heavy atom. The predicted molar refractivity (Wildman–Crippen MR) is 47.2 cm³/mol. The number of aromatic hydroxyl groups is 1. The highest BCUT2D eigenvalue weighted by Crippen LogP contribution is 2.00. The lowest BCUT2D eigenvalue weighted by Crippen LogP contribution is -1.97. The van der Waals surface area contributed by atoms with Crippen molar-refractivity contribution in [2.24, 2.45) is 0 Å². The minimum atomic E-state index is -0.406. The second-order valence-corrected chi connectivity index (χ2v) is 2.32. The van der Waals surface area contributed by atoms with Crippen LogP contribution in [0.4, 0.5) is 0 Å². The zero-order chi connectivity index (χ0) is 10.4. The number of methoxy groups -OCH3 is 1. The Balaban J connectivity index is 2.59. The highest BCUT2D eigenvalue weighted by atomic mass is 16.5. The molecule has 0 aliphatic rings. The van der Waals surface area contributed by atoms with Crippen LogP contribution in [-0.2, 0) is 9.53 Å². The van der Waals surface area contributed by atoms with E-state index in [4.69, 9.17) is 5.11 Å². The Hall–Kier alpha value is -2.09. The van der Waals surface area contributed by atoms with Gasteiger partial charge in [0.25, 0.3) is 0 Å². The number of carbonyl (C=O) groups excluding carboxylic acids is 1. The molecule has 0 radical (unpaired) electrons. The second kappa shape index (κ2) is 4.82. The molecule has 0 atom stereocenters. The van der Waals surface area contributed by atoms with Gasteiger partial charge in [0.05, 0.1) is 19.5 Å². The molecule has 5 nitrogen and oxygen atoms in total. The average molecular weight is 192 g/mol. The van der Waals surface area contributed by atoms with Crippen molar-refractivity contribution in [1.82, 2.24) is 9.97 Å². The van der Waals surface area contributed by atoms with Crippen molar-refractivity contribution >= 4 is 5.97 Å². The van der Waals surface area contributed by atoms with Crippen LogP contribution in [0.1, 0.15) is 12.2 Å². The largest absolute Gasteiger partial charge is 0.505 e. The third-order valence-corrected chi connectivity index (χ3v) is 1.30. The molecule has 0 unspecified atom stereocenters. The molecule has 0 amide bonds. The fourth-order valence-electron chi connectivity index (χ4n) is 0.653. The van der Waals surface area contributed by atoms with E-state index in [1.54, 1.807) is 0 Å². The van der Waals surface area contributed by atoms with Crippen molar-refractivity contribution in [1.29, 1.82) is 0 Å². The minimum Gasteiger partial charge on any atom is -0.505 e. The molecule has 1 N–H and O–H groups in total. The van der Waals surface area contributed by atoms with E-state index in [-0.39, 0.29) is 18.0 Å². The molecule has 0 saturated heterocycles. The van der Waals surface area contributed by atoms with Gasteiger partial charge in [-0.1, -0.05) is 5.92 Å². The standard InChI is InChI=1S/C9H8N2O3/c1-14-9(13)4-2-3-8-10-5-7(12)6-11-8/h5-6,12H,4H2,1H3. The molecule has 1 aromatic heterocycles. The number of hydrogen-bond donors (Lipinski definition) is 1. The maximum atomic E-state index is 10.7. The first-order valence-electron chi connectivity index (χ1n) is 3.79. The molecule has 0 bridgehead atoms. The van der Waals surface area contributed by atoms with Gasteiger partial charge >= 0.3 is 5.97 Å². The third kappa shape index (κ3) is 3.11. The van der Waals surface area contributed by atoms with Crippen LogP contribution >= 0.6 is 0 Å². The summed E-state index contributed by atoms with van der Waals surface area (Å²) in [5.74, 6) is 4.92. The van der Waals surface area contributed by atoms with Gasteiger partial charge < -0.3 is 9.84 Å². The number of esters is 1. The molecule has 0 spiro atoms. The van der Waals surface area contributed by atoms with Gasteiger partial charge in [0.2, 0.25) is 5.82 Å². The Morgan fingerprint density at radius 1 is 1.57 bits per heavy atom. The summed E-state index contributed by atoms with van der Waals surface area (Å²) in [7, 11) is 1.29. The highest BCUT2D eigenvalue weighted by Gasteiger charge is 1.94. The monoisotopic (exact) mass is 192 g/mol. The van der Waals surface area contributed by atoms with E-state index in [0.717, 1.165) is 0 Å².